The molecule has 1 aromatic rings. The van der Waals surface area contributed by atoms with E-state index in [1.54, 1.807) is 19.1 Å². The monoisotopic (exact) mass is 319 g/mol. The fourth-order valence-electron chi connectivity index (χ4n) is 3.08. The standard InChI is InChI=1S/C17H25N3O3/c1-13(12-19-9-4-3-5-10-19)11-18-17(21)15-7-6-8-16(14(15)2)20(22)23/h6-8,13H,3-5,9-12H2,1-2H3,(H,18,21). The van der Waals surface area contributed by atoms with Crippen LogP contribution in [0, 0.1) is 23.0 Å². The molecule has 1 fully saturated rings. The van der Waals surface area contributed by atoms with Gasteiger partial charge in [0.2, 0.25) is 0 Å². The van der Waals surface area contributed by atoms with Crippen molar-refractivity contribution in [2.45, 2.75) is 33.1 Å². The van der Waals surface area contributed by atoms with Crippen LogP contribution in [0.3, 0.4) is 0 Å². The van der Waals surface area contributed by atoms with Crippen molar-refractivity contribution in [3.63, 3.8) is 0 Å². The molecule has 2 rings (SSSR count). The van der Waals surface area contributed by atoms with Crippen LogP contribution in [0.1, 0.15) is 42.1 Å². The minimum atomic E-state index is -0.453. The first-order valence-corrected chi connectivity index (χ1v) is 8.23. The molecule has 1 amide bonds. The fraction of sp³-hybridized carbons (Fsp3) is 0.588. The number of piperidine rings is 1. The molecule has 0 radical (unpaired) electrons. The van der Waals surface area contributed by atoms with E-state index in [1.807, 2.05) is 0 Å². The van der Waals surface area contributed by atoms with Crippen LogP contribution in [0.5, 0.6) is 0 Å². The molecule has 1 saturated heterocycles. The van der Waals surface area contributed by atoms with Crippen molar-refractivity contribution in [1.29, 1.82) is 0 Å². The van der Waals surface area contributed by atoms with E-state index >= 15 is 0 Å². The highest BCUT2D eigenvalue weighted by Crippen LogP contribution is 2.21. The summed E-state index contributed by atoms with van der Waals surface area (Å²) in [6, 6.07) is 4.61. The smallest absolute Gasteiger partial charge is 0.273 e. The van der Waals surface area contributed by atoms with Crippen molar-refractivity contribution in [3.8, 4) is 0 Å². The Balaban J connectivity index is 1.89. The zero-order valence-electron chi connectivity index (χ0n) is 13.9. The van der Waals surface area contributed by atoms with E-state index in [1.165, 1.54) is 25.3 Å². The molecule has 1 heterocycles. The summed E-state index contributed by atoms with van der Waals surface area (Å²) in [6.45, 7) is 7.58. The highest BCUT2D eigenvalue weighted by Gasteiger charge is 2.19. The summed E-state index contributed by atoms with van der Waals surface area (Å²) in [7, 11) is 0. The molecule has 1 aromatic carbocycles. The third kappa shape index (κ3) is 4.76. The summed E-state index contributed by atoms with van der Waals surface area (Å²) in [4.78, 5) is 25.2. The Bertz CT molecular complexity index is 568. The Morgan fingerprint density at radius 3 is 2.70 bits per heavy atom. The minimum Gasteiger partial charge on any atom is -0.352 e. The number of benzene rings is 1. The Hall–Kier alpha value is -1.95. The molecule has 6 heteroatoms. The van der Waals surface area contributed by atoms with Crippen LogP contribution in [-0.2, 0) is 0 Å². The molecule has 0 spiro atoms. The summed E-state index contributed by atoms with van der Waals surface area (Å²) in [6.07, 6.45) is 3.82. The molecule has 126 valence electrons. The van der Waals surface area contributed by atoms with Crippen molar-refractivity contribution in [1.82, 2.24) is 10.2 Å². The summed E-state index contributed by atoms with van der Waals surface area (Å²) >= 11 is 0. The number of carbonyl (C=O) groups is 1. The first-order chi connectivity index (χ1) is 11.0. The van der Waals surface area contributed by atoms with Gasteiger partial charge in [-0.25, -0.2) is 0 Å². The highest BCUT2D eigenvalue weighted by molar-refractivity contribution is 5.96. The molecular weight excluding hydrogens is 294 g/mol. The van der Waals surface area contributed by atoms with Gasteiger partial charge in [-0.15, -0.1) is 0 Å². The normalized spacial score (nSPS) is 16.8. The second-order valence-electron chi connectivity index (χ2n) is 6.38. The van der Waals surface area contributed by atoms with Crippen LogP contribution in [0.2, 0.25) is 0 Å². The highest BCUT2D eigenvalue weighted by atomic mass is 16.6. The molecule has 1 atom stereocenters. The Morgan fingerprint density at radius 2 is 2.04 bits per heavy atom. The number of nitrogens with zero attached hydrogens (tertiary/aromatic N) is 2. The molecule has 0 aliphatic carbocycles. The van der Waals surface area contributed by atoms with Gasteiger partial charge in [-0.05, 0) is 44.8 Å². The lowest BCUT2D eigenvalue weighted by molar-refractivity contribution is -0.385. The average Bonchev–Trinajstić information content (AvgIpc) is 2.53. The van der Waals surface area contributed by atoms with Crippen molar-refractivity contribution < 1.29 is 9.72 Å². The quantitative estimate of drug-likeness (QED) is 0.646. The van der Waals surface area contributed by atoms with Gasteiger partial charge in [-0.2, -0.15) is 0 Å². The lowest BCUT2D eigenvalue weighted by atomic mass is 10.1. The number of nitro groups is 1. The van der Waals surface area contributed by atoms with Crippen molar-refractivity contribution in [3.05, 3.63) is 39.4 Å². The summed E-state index contributed by atoms with van der Waals surface area (Å²) in [5, 5.41) is 13.9. The van der Waals surface area contributed by atoms with E-state index in [-0.39, 0.29) is 11.6 Å². The van der Waals surface area contributed by atoms with Gasteiger partial charge in [0, 0.05) is 30.3 Å². The summed E-state index contributed by atoms with van der Waals surface area (Å²) in [5.74, 6) is 0.118. The van der Waals surface area contributed by atoms with Crippen LogP contribution >= 0.6 is 0 Å². The van der Waals surface area contributed by atoms with Gasteiger partial charge in [-0.1, -0.05) is 19.4 Å². The van der Waals surface area contributed by atoms with E-state index in [2.05, 4.69) is 17.1 Å². The number of amides is 1. The third-order valence-corrected chi connectivity index (χ3v) is 4.38. The predicted octanol–water partition coefficient (Wildman–Crippen LogP) is 2.76. The summed E-state index contributed by atoms with van der Waals surface area (Å²) in [5.41, 5.74) is 0.780. The second-order valence-corrected chi connectivity index (χ2v) is 6.38. The Kier molecular flexibility index (Phi) is 6.10. The molecule has 1 unspecified atom stereocenters. The second kappa shape index (κ2) is 8.06. The third-order valence-electron chi connectivity index (χ3n) is 4.38. The number of hydrogen-bond acceptors (Lipinski definition) is 4. The maximum absolute atomic E-state index is 12.3. The van der Waals surface area contributed by atoms with Gasteiger partial charge in [0.15, 0.2) is 0 Å². The van der Waals surface area contributed by atoms with E-state index in [0.29, 0.717) is 23.6 Å². The predicted molar refractivity (Wildman–Crippen MR) is 89.6 cm³/mol. The Labute approximate surface area is 137 Å². The molecule has 1 aliphatic rings. The first-order valence-electron chi connectivity index (χ1n) is 8.23. The number of rotatable bonds is 6. The molecule has 0 bridgehead atoms. The molecule has 1 N–H and O–H groups in total. The molecule has 6 nitrogen and oxygen atoms in total. The van der Waals surface area contributed by atoms with Crippen LogP contribution in [0.15, 0.2) is 18.2 Å². The number of nitro benzene ring substituents is 1. The zero-order chi connectivity index (χ0) is 16.8. The van der Waals surface area contributed by atoms with Crippen molar-refractivity contribution >= 4 is 11.6 Å². The van der Waals surface area contributed by atoms with E-state index < -0.39 is 4.92 Å². The van der Waals surface area contributed by atoms with Crippen molar-refractivity contribution in [2.75, 3.05) is 26.2 Å². The topological polar surface area (TPSA) is 75.5 Å². The van der Waals surface area contributed by atoms with E-state index in [9.17, 15) is 14.9 Å². The van der Waals surface area contributed by atoms with Gasteiger partial charge < -0.3 is 10.2 Å². The van der Waals surface area contributed by atoms with Gasteiger partial charge in [0.1, 0.15) is 0 Å². The molecule has 0 aromatic heterocycles. The molecular formula is C17H25N3O3. The molecule has 1 aliphatic heterocycles. The van der Waals surface area contributed by atoms with Gasteiger partial charge in [0.05, 0.1) is 4.92 Å². The SMILES string of the molecule is Cc1c(C(=O)NCC(C)CN2CCCCC2)cccc1[N+](=O)[O-]. The first kappa shape index (κ1) is 17.4. The maximum Gasteiger partial charge on any atom is 0.273 e. The molecule has 23 heavy (non-hydrogen) atoms. The number of carbonyl (C=O) groups excluding carboxylic acids is 1. The Morgan fingerprint density at radius 1 is 1.35 bits per heavy atom. The van der Waals surface area contributed by atoms with Crippen LogP contribution < -0.4 is 5.32 Å². The lowest BCUT2D eigenvalue weighted by Gasteiger charge is -2.29. The number of hydrogen-bond donors (Lipinski definition) is 1. The largest absolute Gasteiger partial charge is 0.352 e. The maximum atomic E-state index is 12.3. The van der Waals surface area contributed by atoms with Crippen LogP contribution in [0.25, 0.3) is 0 Å². The van der Waals surface area contributed by atoms with Crippen LogP contribution in [-0.4, -0.2) is 41.9 Å². The van der Waals surface area contributed by atoms with Gasteiger partial charge in [-0.3, -0.25) is 14.9 Å². The van der Waals surface area contributed by atoms with E-state index in [0.717, 1.165) is 19.6 Å². The fourth-order valence-corrected chi connectivity index (χ4v) is 3.08. The summed E-state index contributed by atoms with van der Waals surface area (Å²) < 4.78 is 0. The lowest BCUT2D eigenvalue weighted by Crippen LogP contribution is -2.38. The van der Waals surface area contributed by atoms with Gasteiger partial charge in [0.25, 0.3) is 11.6 Å². The minimum absolute atomic E-state index is 0.0148. The van der Waals surface area contributed by atoms with Crippen LogP contribution in [0.4, 0.5) is 5.69 Å². The average molecular weight is 319 g/mol. The van der Waals surface area contributed by atoms with E-state index in [4.69, 9.17) is 0 Å². The zero-order valence-corrected chi connectivity index (χ0v) is 13.9. The number of nitrogens with one attached hydrogen (secondary N) is 1. The number of likely N-dealkylation sites (tertiary alicyclic amines) is 1. The molecule has 0 saturated carbocycles. The van der Waals surface area contributed by atoms with Crippen molar-refractivity contribution in [2.24, 2.45) is 5.92 Å². The van der Waals surface area contributed by atoms with Gasteiger partial charge >= 0.3 is 0 Å².